The fourth-order valence-corrected chi connectivity index (χ4v) is 3.75. The van der Waals surface area contributed by atoms with E-state index in [9.17, 15) is 4.79 Å². The summed E-state index contributed by atoms with van der Waals surface area (Å²) in [6, 6.07) is 16.6. The fraction of sp³-hybridized carbons (Fsp3) is 0.278. The van der Waals surface area contributed by atoms with E-state index >= 15 is 0 Å². The van der Waals surface area contributed by atoms with Gasteiger partial charge in [-0.2, -0.15) is 0 Å². The molecule has 0 N–H and O–H groups in total. The summed E-state index contributed by atoms with van der Waals surface area (Å²) in [5, 5.41) is 0.702. The maximum atomic E-state index is 12.0. The normalized spacial score (nSPS) is 23.7. The fourth-order valence-electron chi connectivity index (χ4n) is 2.45. The molecular weight excluding hydrogens is 332 g/mol. The quantitative estimate of drug-likeness (QED) is 0.762. The number of hydrogen-bond acceptors (Lipinski definition) is 4. The zero-order chi connectivity index (χ0) is 16.3. The molecular formula is C18H17ClO3S. The van der Waals surface area contributed by atoms with Crippen molar-refractivity contribution >= 4 is 29.3 Å². The summed E-state index contributed by atoms with van der Waals surface area (Å²) < 4.78 is 11.5. The van der Waals surface area contributed by atoms with Crippen LogP contribution < -0.4 is 0 Å². The predicted octanol–water partition coefficient (Wildman–Crippen LogP) is 4.50. The molecule has 2 unspecified atom stereocenters. The number of ether oxygens (including phenoxy) is 2. The van der Waals surface area contributed by atoms with Crippen LogP contribution in [0.25, 0.3) is 0 Å². The average Bonchev–Trinajstić information content (AvgIpc) is 2.96. The first-order valence-electron chi connectivity index (χ1n) is 7.37. The van der Waals surface area contributed by atoms with Crippen LogP contribution in [-0.4, -0.2) is 24.4 Å². The minimum absolute atomic E-state index is 0.117. The Morgan fingerprint density at radius 3 is 2.65 bits per heavy atom. The molecule has 23 heavy (non-hydrogen) atoms. The van der Waals surface area contributed by atoms with Crippen LogP contribution in [0, 0.1) is 0 Å². The molecule has 5 heteroatoms. The number of carbonyl (C=O) groups is 1. The lowest BCUT2D eigenvalue weighted by Crippen LogP contribution is -2.25. The van der Waals surface area contributed by atoms with Gasteiger partial charge in [0.05, 0.1) is 5.56 Å². The van der Waals surface area contributed by atoms with Gasteiger partial charge in [-0.3, -0.25) is 0 Å². The Balaban J connectivity index is 1.57. The van der Waals surface area contributed by atoms with Crippen LogP contribution in [0.15, 0.2) is 54.6 Å². The Morgan fingerprint density at radius 1 is 1.26 bits per heavy atom. The van der Waals surface area contributed by atoms with Gasteiger partial charge in [-0.05, 0) is 36.8 Å². The van der Waals surface area contributed by atoms with Gasteiger partial charge in [0.15, 0.2) is 0 Å². The van der Waals surface area contributed by atoms with E-state index < -0.39 is 4.93 Å². The van der Waals surface area contributed by atoms with Gasteiger partial charge < -0.3 is 9.47 Å². The highest BCUT2D eigenvalue weighted by atomic mass is 35.5. The standard InChI is InChI=1S/C18H17ClO3S/c1-18(14-7-9-15(19)10-8-14)22-16(12-23-18)11-21-17(20)13-5-3-2-4-6-13/h2-10,16H,11-12H2,1H3. The molecule has 1 heterocycles. The van der Waals surface area contributed by atoms with E-state index in [-0.39, 0.29) is 18.7 Å². The Labute approximate surface area is 144 Å². The summed E-state index contributed by atoms with van der Waals surface area (Å²) in [5.74, 6) is 0.459. The minimum Gasteiger partial charge on any atom is -0.459 e. The van der Waals surface area contributed by atoms with Gasteiger partial charge in [0.2, 0.25) is 0 Å². The van der Waals surface area contributed by atoms with Crippen LogP contribution in [0.5, 0.6) is 0 Å². The second-order valence-electron chi connectivity index (χ2n) is 5.47. The number of carbonyl (C=O) groups excluding carboxylic acids is 1. The first-order chi connectivity index (χ1) is 11.1. The lowest BCUT2D eigenvalue weighted by atomic mass is 10.1. The summed E-state index contributed by atoms with van der Waals surface area (Å²) in [7, 11) is 0. The van der Waals surface area contributed by atoms with Crippen LogP contribution >= 0.6 is 23.4 Å². The number of halogens is 1. The van der Waals surface area contributed by atoms with Crippen molar-refractivity contribution in [2.24, 2.45) is 0 Å². The first kappa shape index (κ1) is 16.4. The molecule has 0 bridgehead atoms. The smallest absolute Gasteiger partial charge is 0.338 e. The van der Waals surface area contributed by atoms with Crippen molar-refractivity contribution in [3.8, 4) is 0 Å². The highest BCUT2D eigenvalue weighted by Gasteiger charge is 2.38. The van der Waals surface area contributed by atoms with Crippen molar-refractivity contribution in [1.82, 2.24) is 0 Å². The van der Waals surface area contributed by atoms with Gasteiger partial charge in [-0.15, -0.1) is 11.8 Å². The number of benzene rings is 2. The molecule has 0 aromatic heterocycles. The van der Waals surface area contributed by atoms with E-state index in [2.05, 4.69) is 0 Å². The lowest BCUT2D eigenvalue weighted by molar-refractivity contribution is -0.0349. The van der Waals surface area contributed by atoms with Crippen molar-refractivity contribution in [2.75, 3.05) is 12.4 Å². The summed E-state index contributed by atoms with van der Waals surface area (Å²) in [4.78, 5) is 11.5. The Bertz CT molecular complexity index is 674. The predicted molar refractivity (Wildman–Crippen MR) is 92.9 cm³/mol. The third-order valence-corrected chi connectivity index (χ3v) is 5.39. The summed E-state index contributed by atoms with van der Waals surface area (Å²) in [5.41, 5.74) is 1.61. The molecule has 0 aliphatic carbocycles. The molecule has 2 aromatic rings. The number of hydrogen-bond donors (Lipinski definition) is 0. The van der Waals surface area contributed by atoms with Crippen LogP contribution in [0.3, 0.4) is 0 Å². The van der Waals surface area contributed by atoms with Crippen molar-refractivity contribution in [3.63, 3.8) is 0 Å². The summed E-state index contributed by atoms with van der Waals surface area (Å²) in [6.07, 6.45) is -0.117. The average molecular weight is 349 g/mol. The van der Waals surface area contributed by atoms with Gasteiger partial charge >= 0.3 is 5.97 Å². The second kappa shape index (κ2) is 6.95. The van der Waals surface area contributed by atoms with Crippen molar-refractivity contribution in [1.29, 1.82) is 0 Å². The van der Waals surface area contributed by atoms with Crippen molar-refractivity contribution in [2.45, 2.75) is 18.0 Å². The highest BCUT2D eigenvalue weighted by molar-refractivity contribution is 8.00. The molecule has 2 atom stereocenters. The summed E-state index contributed by atoms with van der Waals surface area (Å²) >= 11 is 7.63. The molecule has 2 aromatic carbocycles. The third kappa shape index (κ3) is 3.89. The minimum atomic E-state index is -0.436. The monoisotopic (exact) mass is 348 g/mol. The third-order valence-electron chi connectivity index (χ3n) is 3.71. The first-order valence-corrected chi connectivity index (χ1v) is 8.73. The molecule has 3 nitrogen and oxygen atoms in total. The number of thioether (sulfide) groups is 1. The Morgan fingerprint density at radius 2 is 1.96 bits per heavy atom. The van der Waals surface area contributed by atoms with Gasteiger partial charge in [-0.1, -0.05) is 41.9 Å². The zero-order valence-corrected chi connectivity index (χ0v) is 14.3. The second-order valence-corrected chi connectivity index (χ2v) is 7.31. The molecule has 3 rings (SSSR count). The molecule has 0 saturated carbocycles. The van der Waals surface area contributed by atoms with Crippen LogP contribution in [0.4, 0.5) is 0 Å². The van der Waals surface area contributed by atoms with Crippen molar-refractivity contribution < 1.29 is 14.3 Å². The maximum absolute atomic E-state index is 12.0. The van der Waals surface area contributed by atoms with E-state index in [4.69, 9.17) is 21.1 Å². The van der Waals surface area contributed by atoms with E-state index in [1.54, 1.807) is 23.9 Å². The Hall–Kier alpha value is -1.49. The van der Waals surface area contributed by atoms with Gasteiger partial charge in [0, 0.05) is 10.8 Å². The van der Waals surface area contributed by atoms with E-state index in [0.717, 1.165) is 11.3 Å². The lowest BCUT2D eigenvalue weighted by Gasteiger charge is -2.24. The maximum Gasteiger partial charge on any atom is 0.338 e. The molecule has 0 amide bonds. The van der Waals surface area contributed by atoms with Gasteiger partial charge in [0.25, 0.3) is 0 Å². The van der Waals surface area contributed by atoms with E-state index in [1.165, 1.54) is 0 Å². The molecule has 1 saturated heterocycles. The molecule has 0 radical (unpaired) electrons. The molecule has 120 valence electrons. The molecule has 1 aliphatic rings. The molecule has 0 spiro atoms. The van der Waals surface area contributed by atoms with Gasteiger partial charge in [-0.25, -0.2) is 4.79 Å². The SMILES string of the molecule is CC1(c2ccc(Cl)cc2)OC(COC(=O)c2ccccc2)CS1. The van der Waals surface area contributed by atoms with Gasteiger partial charge in [0.1, 0.15) is 17.6 Å². The number of esters is 1. The highest BCUT2D eigenvalue weighted by Crippen LogP contribution is 2.44. The molecule has 1 fully saturated rings. The van der Waals surface area contributed by atoms with Crippen LogP contribution in [-0.2, 0) is 14.4 Å². The topological polar surface area (TPSA) is 35.5 Å². The van der Waals surface area contributed by atoms with E-state index in [1.807, 2.05) is 49.4 Å². The van der Waals surface area contributed by atoms with Crippen LogP contribution in [0.1, 0.15) is 22.8 Å². The van der Waals surface area contributed by atoms with E-state index in [0.29, 0.717) is 10.6 Å². The summed E-state index contributed by atoms with van der Waals surface area (Å²) in [6.45, 7) is 2.28. The largest absolute Gasteiger partial charge is 0.459 e. The van der Waals surface area contributed by atoms with Crippen molar-refractivity contribution in [3.05, 3.63) is 70.7 Å². The Kier molecular flexibility index (Phi) is 4.95. The zero-order valence-electron chi connectivity index (χ0n) is 12.7. The number of rotatable bonds is 4. The van der Waals surface area contributed by atoms with Crippen LogP contribution in [0.2, 0.25) is 5.02 Å². The molecule has 1 aliphatic heterocycles.